The molecule has 0 aliphatic rings. The fourth-order valence-corrected chi connectivity index (χ4v) is 3.67. The van der Waals surface area contributed by atoms with Crippen LogP contribution in [0.5, 0.6) is 0 Å². The van der Waals surface area contributed by atoms with Gasteiger partial charge in [-0.3, -0.25) is 4.79 Å². The second-order valence-corrected chi connectivity index (χ2v) is 6.21. The van der Waals surface area contributed by atoms with Crippen LogP contribution < -0.4 is 5.73 Å². The highest BCUT2D eigenvalue weighted by atomic mass is 35.5. The Morgan fingerprint density at radius 3 is 2.90 bits per heavy atom. The van der Waals surface area contributed by atoms with E-state index in [1.54, 1.807) is 30.5 Å². The number of rotatable bonds is 3. The topological polar surface area (TPSA) is 59.5 Å². The van der Waals surface area contributed by atoms with Crippen LogP contribution >= 0.6 is 22.9 Å². The Bertz CT molecular complexity index is 795. The van der Waals surface area contributed by atoms with Gasteiger partial charge in [0, 0.05) is 29.2 Å². The predicted octanol–water partition coefficient (Wildman–Crippen LogP) is 4.00. The molecule has 0 fully saturated rings. The Morgan fingerprint density at radius 1 is 1.43 bits per heavy atom. The quantitative estimate of drug-likeness (QED) is 0.793. The Morgan fingerprint density at radius 2 is 2.24 bits per heavy atom. The summed E-state index contributed by atoms with van der Waals surface area (Å²) in [6.45, 7) is 0.469. The maximum absolute atomic E-state index is 12.6. The van der Waals surface area contributed by atoms with E-state index in [4.69, 9.17) is 21.8 Å². The van der Waals surface area contributed by atoms with Gasteiger partial charge >= 0.3 is 0 Å². The first kappa shape index (κ1) is 14.0. The molecule has 2 heterocycles. The average Bonchev–Trinajstić information content (AvgIpc) is 3.07. The van der Waals surface area contributed by atoms with E-state index in [1.165, 1.54) is 11.3 Å². The third-order valence-corrected chi connectivity index (χ3v) is 4.72. The van der Waals surface area contributed by atoms with Gasteiger partial charge in [-0.1, -0.05) is 17.7 Å². The van der Waals surface area contributed by atoms with Gasteiger partial charge in [0.15, 0.2) is 0 Å². The molecule has 2 aromatic heterocycles. The summed E-state index contributed by atoms with van der Waals surface area (Å²) in [5.41, 5.74) is 7.49. The molecule has 1 aromatic carbocycles. The first-order chi connectivity index (χ1) is 10.1. The number of nitrogens with zero attached hydrogens (tertiary/aromatic N) is 1. The second kappa shape index (κ2) is 5.42. The molecule has 0 unspecified atom stereocenters. The minimum absolute atomic E-state index is 0.119. The Kier molecular flexibility index (Phi) is 3.61. The van der Waals surface area contributed by atoms with Crippen LogP contribution in [0.3, 0.4) is 0 Å². The Balaban J connectivity index is 1.94. The van der Waals surface area contributed by atoms with Crippen LogP contribution in [0.15, 0.2) is 41.2 Å². The molecule has 0 atom stereocenters. The van der Waals surface area contributed by atoms with Crippen LogP contribution in [0.1, 0.15) is 15.2 Å². The maximum Gasteiger partial charge on any atom is 0.266 e. The van der Waals surface area contributed by atoms with Crippen molar-refractivity contribution in [3.05, 3.63) is 52.3 Å². The fourth-order valence-electron chi connectivity index (χ4n) is 2.19. The van der Waals surface area contributed by atoms with Gasteiger partial charge in [-0.2, -0.15) is 0 Å². The lowest BCUT2D eigenvalue weighted by molar-refractivity contribution is 0.0790. The summed E-state index contributed by atoms with van der Waals surface area (Å²) >= 11 is 7.53. The molecule has 0 aliphatic carbocycles. The summed E-state index contributed by atoms with van der Waals surface area (Å²) in [6.07, 6.45) is 3.20. The van der Waals surface area contributed by atoms with Gasteiger partial charge in [-0.05, 0) is 18.2 Å². The molecular weight excluding hydrogens is 308 g/mol. The minimum atomic E-state index is -0.119. The number of carbonyl (C=O) groups excluding carboxylic acids is 1. The van der Waals surface area contributed by atoms with Crippen molar-refractivity contribution in [2.24, 2.45) is 0 Å². The Hall–Kier alpha value is -1.98. The van der Waals surface area contributed by atoms with E-state index in [2.05, 4.69) is 0 Å². The number of halogens is 1. The molecule has 0 bridgehead atoms. The summed E-state index contributed by atoms with van der Waals surface area (Å²) in [4.78, 5) is 14.7. The lowest BCUT2D eigenvalue weighted by Crippen LogP contribution is -2.25. The predicted molar refractivity (Wildman–Crippen MR) is 85.8 cm³/mol. The highest BCUT2D eigenvalue weighted by molar-refractivity contribution is 7.21. The zero-order valence-corrected chi connectivity index (χ0v) is 12.9. The van der Waals surface area contributed by atoms with Crippen LogP contribution in [0.25, 0.3) is 10.1 Å². The van der Waals surface area contributed by atoms with Gasteiger partial charge in [0.25, 0.3) is 5.91 Å². The number of hydrogen-bond donors (Lipinski definition) is 1. The molecule has 6 heteroatoms. The van der Waals surface area contributed by atoms with Crippen molar-refractivity contribution in [2.75, 3.05) is 12.8 Å². The van der Waals surface area contributed by atoms with E-state index in [9.17, 15) is 4.79 Å². The summed E-state index contributed by atoms with van der Waals surface area (Å²) < 4.78 is 5.93. The van der Waals surface area contributed by atoms with Gasteiger partial charge in [-0.15, -0.1) is 11.3 Å². The molecule has 2 N–H and O–H groups in total. The van der Waals surface area contributed by atoms with Crippen molar-refractivity contribution in [3.63, 3.8) is 0 Å². The number of nitrogens with two attached hydrogens (primary N) is 1. The second-order valence-electron chi connectivity index (χ2n) is 4.75. The molecule has 4 nitrogen and oxygen atoms in total. The zero-order valence-electron chi connectivity index (χ0n) is 11.3. The maximum atomic E-state index is 12.6. The van der Waals surface area contributed by atoms with E-state index in [-0.39, 0.29) is 5.91 Å². The van der Waals surface area contributed by atoms with Crippen LogP contribution in [-0.2, 0) is 6.54 Å². The number of anilines is 1. The van der Waals surface area contributed by atoms with Gasteiger partial charge < -0.3 is 15.1 Å². The van der Waals surface area contributed by atoms with Crippen LogP contribution in [0.4, 0.5) is 5.69 Å². The minimum Gasteiger partial charge on any atom is -0.472 e. The van der Waals surface area contributed by atoms with Crippen molar-refractivity contribution in [3.8, 4) is 0 Å². The fraction of sp³-hybridized carbons (Fsp3) is 0.133. The average molecular weight is 321 g/mol. The number of amides is 1. The molecule has 21 heavy (non-hydrogen) atoms. The van der Waals surface area contributed by atoms with E-state index in [1.807, 2.05) is 18.2 Å². The van der Waals surface area contributed by atoms with Gasteiger partial charge in [-0.25, -0.2) is 0 Å². The number of hydrogen-bond acceptors (Lipinski definition) is 4. The summed E-state index contributed by atoms with van der Waals surface area (Å²) in [5.74, 6) is -0.119. The number of nitrogen functional groups attached to an aromatic ring is 1. The molecule has 3 rings (SSSR count). The number of thiophene rings is 1. The van der Waals surface area contributed by atoms with Crippen LogP contribution in [-0.4, -0.2) is 17.9 Å². The third kappa shape index (κ3) is 2.50. The van der Waals surface area contributed by atoms with Crippen LogP contribution in [0, 0.1) is 0 Å². The van der Waals surface area contributed by atoms with Gasteiger partial charge in [0.2, 0.25) is 0 Å². The monoisotopic (exact) mass is 320 g/mol. The third-order valence-electron chi connectivity index (χ3n) is 3.24. The van der Waals surface area contributed by atoms with Crippen molar-refractivity contribution < 1.29 is 9.21 Å². The van der Waals surface area contributed by atoms with Crippen molar-refractivity contribution in [1.29, 1.82) is 0 Å². The molecule has 0 saturated heterocycles. The largest absolute Gasteiger partial charge is 0.472 e. The lowest BCUT2D eigenvalue weighted by Gasteiger charge is -2.15. The first-order valence-electron chi connectivity index (χ1n) is 6.31. The zero-order chi connectivity index (χ0) is 15.0. The lowest BCUT2D eigenvalue weighted by atomic mass is 10.2. The number of carbonyl (C=O) groups is 1. The Labute approximate surface area is 130 Å². The van der Waals surface area contributed by atoms with Crippen LogP contribution in [0.2, 0.25) is 5.02 Å². The molecule has 0 radical (unpaired) electrons. The molecule has 0 spiro atoms. The summed E-state index contributed by atoms with van der Waals surface area (Å²) in [5, 5.41) is 1.32. The van der Waals surface area contributed by atoms with E-state index < -0.39 is 0 Å². The molecule has 3 aromatic rings. The summed E-state index contributed by atoms with van der Waals surface area (Å²) in [7, 11) is 1.74. The number of fused-ring (bicyclic) bond motifs is 1. The van der Waals surface area contributed by atoms with Crippen molar-refractivity contribution in [1.82, 2.24) is 4.90 Å². The summed E-state index contributed by atoms with van der Waals surface area (Å²) in [6, 6.07) is 7.37. The highest BCUT2D eigenvalue weighted by Gasteiger charge is 2.21. The van der Waals surface area contributed by atoms with E-state index in [0.29, 0.717) is 22.1 Å². The standard InChI is InChI=1S/C15H13ClN2O2S/c1-18(7-9-5-6-20-8-9)15(19)14-13(17)12-10(16)3-2-4-11(12)21-14/h2-6,8H,7,17H2,1H3. The number of furan rings is 1. The normalized spacial score (nSPS) is 11.0. The van der Waals surface area contributed by atoms with E-state index in [0.717, 1.165) is 15.6 Å². The molecular formula is C15H13ClN2O2S. The first-order valence-corrected chi connectivity index (χ1v) is 7.50. The number of benzene rings is 1. The van der Waals surface area contributed by atoms with Gasteiger partial charge in [0.05, 0.1) is 23.2 Å². The molecule has 0 aliphatic heterocycles. The molecule has 0 saturated carbocycles. The SMILES string of the molecule is CN(Cc1ccoc1)C(=O)c1sc2cccc(Cl)c2c1N. The van der Waals surface area contributed by atoms with Crippen molar-refractivity contribution in [2.45, 2.75) is 6.54 Å². The van der Waals surface area contributed by atoms with Crippen molar-refractivity contribution >= 4 is 44.6 Å². The molecule has 108 valence electrons. The van der Waals surface area contributed by atoms with E-state index >= 15 is 0 Å². The smallest absolute Gasteiger partial charge is 0.266 e. The van der Waals surface area contributed by atoms with Gasteiger partial charge in [0.1, 0.15) is 4.88 Å². The molecule has 1 amide bonds. The highest BCUT2D eigenvalue weighted by Crippen LogP contribution is 2.38.